The molecule has 0 aromatic heterocycles. The fraction of sp³-hybridized carbons (Fsp3) is 0.833. The van der Waals surface area contributed by atoms with Gasteiger partial charge in [-0.25, -0.2) is 0 Å². The quantitative estimate of drug-likeness (QED) is 0.360. The number of thioether (sulfide) groups is 1. The number of amides is 1. The average Bonchev–Trinajstić information content (AvgIpc) is 2.99. The molecule has 5 unspecified atom stereocenters. The fourth-order valence-electron chi connectivity index (χ4n) is 3.73. The molecule has 156 valence electrons. The minimum Gasteiger partial charge on any atom is -0.391 e. The van der Waals surface area contributed by atoms with Gasteiger partial charge in [0.1, 0.15) is 29.9 Å². The SMILES string of the molecule is CCC=C1C[C@@H](C(=O)N[C@@H](C2OC(SC)C(O)C(O)C2O)[C@@H](C)O)N(C)C1. The Labute approximate surface area is 164 Å². The standard InChI is InChI=1S/C18H32N2O6S/c1-5-6-10-7-11(20(3)8-10)17(25)19-12(9(2)21)16-14(23)13(22)15(24)18(26-16)27-4/h6,9,11-16,18,21-24H,5,7-8H2,1-4H3,(H,19,25)/t9-,11+,12-,13?,14?,15?,16?,18?/m1/s1. The highest BCUT2D eigenvalue weighted by molar-refractivity contribution is 7.99. The van der Waals surface area contributed by atoms with Crippen molar-refractivity contribution in [1.29, 1.82) is 0 Å². The van der Waals surface area contributed by atoms with Crippen molar-refractivity contribution in [2.75, 3.05) is 19.8 Å². The summed E-state index contributed by atoms with van der Waals surface area (Å²) < 4.78 is 5.71. The Balaban J connectivity index is 2.13. The van der Waals surface area contributed by atoms with Gasteiger partial charge in [-0.1, -0.05) is 18.6 Å². The number of aliphatic hydroxyl groups excluding tert-OH is 4. The predicted octanol–water partition coefficient (Wildman–Crippen LogP) is -0.937. The van der Waals surface area contributed by atoms with Gasteiger partial charge < -0.3 is 30.5 Å². The first kappa shape index (κ1) is 22.6. The number of hydrogen-bond acceptors (Lipinski definition) is 8. The number of aliphatic hydroxyl groups is 4. The van der Waals surface area contributed by atoms with Gasteiger partial charge in [0, 0.05) is 6.54 Å². The van der Waals surface area contributed by atoms with E-state index in [-0.39, 0.29) is 11.9 Å². The van der Waals surface area contributed by atoms with Gasteiger partial charge in [-0.15, -0.1) is 11.8 Å². The zero-order valence-corrected chi connectivity index (χ0v) is 17.1. The molecule has 2 saturated heterocycles. The first-order valence-electron chi connectivity index (χ1n) is 9.30. The number of carbonyl (C=O) groups excluding carboxylic acids is 1. The summed E-state index contributed by atoms with van der Waals surface area (Å²) in [5.41, 5.74) is 0.434. The number of ether oxygens (including phenoxy) is 1. The molecule has 0 spiro atoms. The van der Waals surface area contributed by atoms with E-state index in [9.17, 15) is 25.2 Å². The third-order valence-corrected chi connectivity index (χ3v) is 6.11. The van der Waals surface area contributed by atoms with Crippen LogP contribution in [0.3, 0.4) is 0 Å². The van der Waals surface area contributed by atoms with Crippen molar-refractivity contribution >= 4 is 17.7 Å². The Morgan fingerprint density at radius 3 is 2.59 bits per heavy atom. The summed E-state index contributed by atoms with van der Waals surface area (Å²) in [7, 11) is 1.87. The van der Waals surface area contributed by atoms with Crippen LogP contribution in [0.5, 0.6) is 0 Å². The first-order valence-corrected chi connectivity index (χ1v) is 10.6. The summed E-state index contributed by atoms with van der Waals surface area (Å²) in [6, 6.07) is -1.28. The van der Waals surface area contributed by atoms with Crippen LogP contribution in [0.2, 0.25) is 0 Å². The molecule has 2 heterocycles. The Morgan fingerprint density at radius 2 is 2.04 bits per heavy atom. The van der Waals surface area contributed by atoms with E-state index in [2.05, 4.69) is 11.4 Å². The topological polar surface area (TPSA) is 122 Å². The van der Waals surface area contributed by atoms with Gasteiger partial charge in [0.2, 0.25) is 5.91 Å². The van der Waals surface area contributed by atoms with E-state index in [0.29, 0.717) is 13.0 Å². The first-order chi connectivity index (χ1) is 12.7. The van der Waals surface area contributed by atoms with Crippen molar-refractivity contribution in [2.45, 2.75) is 74.7 Å². The number of rotatable bonds is 6. The molecule has 0 radical (unpaired) electrons. The lowest BCUT2D eigenvalue weighted by molar-refractivity contribution is -0.211. The minimum atomic E-state index is -1.43. The lowest BCUT2D eigenvalue weighted by Gasteiger charge is -2.44. The Hall–Kier alpha value is -0.680. The predicted molar refractivity (Wildman–Crippen MR) is 103 cm³/mol. The van der Waals surface area contributed by atoms with E-state index in [1.54, 1.807) is 6.26 Å². The Kier molecular flexibility index (Phi) is 8.11. The highest BCUT2D eigenvalue weighted by Crippen LogP contribution is 2.30. The van der Waals surface area contributed by atoms with Gasteiger partial charge in [0.05, 0.1) is 18.2 Å². The van der Waals surface area contributed by atoms with Crippen LogP contribution in [-0.4, -0.2) is 99.1 Å². The zero-order chi connectivity index (χ0) is 20.3. The van der Waals surface area contributed by atoms with Crippen LogP contribution in [0.1, 0.15) is 26.7 Å². The maximum Gasteiger partial charge on any atom is 0.238 e. The molecular formula is C18H32N2O6S. The Morgan fingerprint density at radius 1 is 1.37 bits per heavy atom. The van der Waals surface area contributed by atoms with Crippen LogP contribution < -0.4 is 5.32 Å². The molecule has 2 fully saturated rings. The summed E-state index contributed by atoms with van der Waals surface area (Å²) in [4.78, 5) is 14.8. The maximum absolute atomic E-state index is 12.8. The molecule has 0 aromatic rings. The number of carbonyl (C=O) groups is 1. The molecule has 1 amide bonds. The fourth-order valence-corrected chi connectivity index (χ4v) is 4.41. The van der Waals surface area contributed by atoms with Crippen molar-refractivity contribution < 1.29 is 30.0 Å². The molecule has 5 N–H and O–H groups in total. The molecule has 2 rings (SSSR count). The van der Waals surface area contributed by atoms with Gasteiger partial charge in [-0.2, -0.15) is 0 Å². The largest absolute Gasteiger partial charge is 0.391 e. The number of likely N-dealkylation sites (N-methyl/N-ethyl adjacent to an activating group) is 1. The highest BCUT2D eigenvalue weighted by Gasteiger charge is 2.48. The van der Waals surface area contributed by atoms with Gasteiger partial charge in [0.25, 0.3) is 0 Å². The second-order valence-corrected chi connectivity index (χ2v) is 8.29. The molecular weight excluding hydrogens is 372 g/mol. The molecule has 27 heavy (non-hydrogen) atoms. The van der Waals surface area contributed by atoms with E-state index in [4.69, 9.17) is 4.74 Å². The lowest BCUT2D eigenvalue weighted by Crippen LogP contribution is -2.65. The van der Waals surface area contributed by atoms with Gasteiger partial charge in [-0.05, 0) is 33.1 Å². The second kappa shape index (κ2) is 9.69. The monoisotopic (exact) mass is 404 g/mol. The van der Waals surface area contributed by atoms with Gasteiger partial charge in [0.15, 0.2) is 0 Å². The summed E-state index contributed by atoms with van der Waals surface area (Å²) in [6.07, 6.45) is -0.812. The van der Waals surface area contributed by atoms with Crippen molar-refractivity contribution in [1.82, 2.24) is 10.2 Å². The number of nitrogens with zero attached hydrogens (tertiary/aromatic N) is 1. The second-order valence-electron chi connectivity index (χ2n) is 7.36. The van der Waals surface area contributed by atoms with Crippen LogP contribution in [0.4, 0.5) is 0 Å². The number of nitrogens with one attached hydrogen (secondary N) is 1. The van der Waals surface area contributed by atoms with E-state index in [1.165, 1.54) is 24.3 Å². The Bertz CT molecular complexity index is 544. The van der Waals surface area contributed by atoms with Crippen LogP contribution in [0.15, 0.2) is 11.6 Å². The van der Waals surface area contributed by atoms with Gasteiger partial charge >= 0.3 is 0 Å². The van der Waals surface area contributed by atoms with Crippen molar-refractivity contribution in [3.05, 3.63) is 11.6 Å². The number of likely N-dealkylation sites (tertiary alicyclic amines) is 1. The van der Waals surface area contributed by atoms with E-state index in [0.717, 1.165) is 6.42 Å². The third kappa shape index (κ3) is 5.03. The molecule has 8 nitrogen and oxygen atoms in total. The van der Waals surface area contributed by atoms with E-state index >= 15 is 0 Å². The van der Waals surface area contributed by atoms with Crippen molar-refractivity contribution in [2.24, 2.45) is 0 Å². The molecule has 0 aliphatic carbocycles. The lowest BCUT2D eigenvalue weighted by atomic mass is 9.92. The molecule has 8 atom stereocenters. The molecule has 2 aliphatic rings. The molecule has 0 saturated carbocycles. The van der Waals surface area contributed by atoms with Crippen LogP contribution in [0.25, 0.3) is 0 Å². The highest BCUT2D eigenvalue weighted by atomic mass is 32.2. The summed E-state index contributed by atoms with van der Waals surface area (Å²) >= 11 is 1.19. The molecule has 0 bridgehead atoms. The van der Waals surface area contributed by atoms with Crippen molar-refractivity contribution in [3.8, 4) is 0 Å². The van der Waals surface area contributed by atoms with Gasteiger partial charge in [-0.3, -0.25) is 9.69 Å². The normalized spacial score (nSPS) is 38.7. The summed E-state index contributed by atoms with van der Waals surface area (Å²) in [5, 5.41) is 43.5. The summed E-state index contributed by atoms with van der Waals surface area (Å²) in [5.74, 6) is -0.264. The van der Waals surface area contributed by atoms with Crippen LogP contribution >= 0.6 is 11.8 Å². The minimum absolute atomic E-state index is 0.264. The average molecular weight is 405 g/mol. The van der Waals surface area contributed by atoms with Crippen LogP contribution in [0, 0.1) is 0 Å². The smallest absolute Gasteiger partial charge is 0.238 e. The van der Waals surface area contributed by atoms with Crippen LogP contribution in [-0.2, 0) is 9.53 Å². The third-order valence-electron chi connectivity index (χ3n) is 5.26. The number of hydrogen-bond donors (Lipinski definition) is 5. The van der Waals surface area contributed by atoms with Crippen molar-refractivity contribution in [3.63, 3.8) is 0 Å². The zero-order valence-electron chi connectivity index (χ0n) is 16.3. The molecule has 0 aromatic carbocycles. The number of allylic oxidation sites excluding steroid dienone is 1. The molecule has 2 aliphatic heterocycles. The maximum atomic E-state index is 12.8. The summed E-state index contributed by atoms with van der Waals surface area (Å²) in [6.45, 7) is 4.26. The molecule has 9 heteroatoms. The van der Waals surface area contributed by atoms with E-state index in [1.807, 2.05) is 18.9 Å². The van der Waals surface area contributed by atoms with E-state index < -0.39 is 42.0 Å².